The fourth-order valence-corrected chi connectivity index (χ4v) is 3.39. The van der Waals surface area contributed by atoms with E-state index in [1.165, 1.54) is 6.07 Å². The lowest BCUT2D eigenvalue weighted by atomic mass is 9.78. The molecule has 2 N–H and O–H groups in total. The van der Waals surface area contributed by atoms with Gasteiger partial charge < -0.3 is 10.3 Å². The first kappa shape index (κ1) is 17.1. The lowest BCUT2D eigenvalue weighted by molar-refractivity contribution is 0.0907. The van der Waals surface area contributed by atoms with Crippen molar-refractivity contribution >= 4 is 5.91 Å². The number of nitrogens with one attached hydrogen (secondary N) is 2. The van der Waals surface area contributed by atoms with E-state index in [4.69, 9.17) is 0 Å². The minimum absolute atomic E-state index is 0.0708. The first-order valence-electron chi connectivity index (χ1n) is 8.86. The molecule has 0 unspecified atom stereocenters. The summed E-state index contributed by atoms with van der Waals surface area (Å²) in [6.07, 6.45) is 4.80. The second-order valence-corrected chi connectivity index (χ2v) is 6.84. The zero-order valence-electron chi connectivity index (χ0n) is 15.1. The molecule has 0 aromatic carbocycles. The van der Waals surface area contributed by atoms with Crippen LogP contribution in [0.2, 0.25) is 0 Å². The quantitative estimate of drug-likeness (QED) is 0.732. The van der Waals surface area contributed by atoms with E-state index in [0.717, 1.165) is 24.2 Å². The largest absolute Gasteiger partial charge is 0.349 e. The maximum absolute atomic E-state index is 12.6. The summed E-state index contributed by atoms with van der Waals surface area (Å²) in [4.78, 5) is 35.5. The van der Waals surface area contributed by atoms with Gasteiger partial charge in [0, 0.05) is 24.2 Å². The van der Waals surface area contributed by atoms with Crippen LogP contribution in [0.15, 0.2) is 41.5 Å². The molecule has 0 radical (unpaired) electrons. The van der Waals surface area contributed by atoms with E-state index in [9.17, 15) is 9.59 Å². The van der Waals surface area contributed by atoms with Gasteiger partial charge in [0.2, 0.25) is 0 Å². The molecule has 1 fully saturated rings. The Morgan fingerprint density at radius 2 is 2.11 bits per heavy atom. The maximum Gasteiger partial charge on any atom is 0.254 e. The van der Waals surface area contributed by atoms with Gasteiger partial charge in [0.25, 0.3) is 11.5 Å². The third kappa shape index (κ3) is 3.38. The highest BCUT2D eigenvalue weighted by atomic mass is 16.1. The van der Waals surface area contributed by atoms with E-state index in [0.29, 0.717) is 17.2 Å². The van der Waals surface area contributed by atoms with Gasteiger partial charge in [-0.1, -0.05) is 6.07 Å². The van der Waals surface area contributed by atoms with Crippen LogP contribution in [0.5, 0.6) is 0 Å². The maximum atomic E-state index is 12.6. The number of carbonyl (C=O) groups is 1. The van der Waals surface area contributed by atoms with Gasteiger partial charge in [-0.2, -0.15) is 5.10 Å². The Morgan fingerprint density at radius 1 is 1.30 bits per heavy atom. The molecule has 0 atom stereocenters. The minimum atomic E-state index is -0.145. The van der Waals surface area contributed by atoms with Crippen molar-refractivity contribution in [3.8, 4) is 5.82 Å². The molecule has 1 saturated carbocycles. The summed E-state index contributed by atoms with van der Waals surface area (Å²) in [6, 6.07) is 7.16. The van der Waals surface area contributed by atoms with Gasteiger partial charge in [0.15, 0.2) is 5.82 Å². The van der Waals surface area contributed by atoms with Gasteiger partial charge in [-0.05, 0) is 38.8 Å². The fraction of sp³-hybridized carbons (Fsp3) is 0.316. The number of carbonyl (C=O) groups excluding carboxylic acids is 1. The Kier molecular flexibility index (Phi) is 4.31. The van der Waals surface area contributed by atoms with Crippen molar-refractivity contribution in [2.24, 2.45) is 0 Å². The Morgan fingerprint density at radius 3 is 2.81 bits per heavy atom. The molecule has 138 valence electrons. The topological polar surface area (TPSA) is 106 Å². The number of rotatable bonds is 4. The van der Waals surface area contributed by atoms with Gasteiger partial charge in [0.1, 0.15) is 5.82 Å². The van der Waals surface area contributed by atoms with Gasteiger partial charge in [-0.3, -0.25) is 9.59 Å². The van der Waals surface area contributed by atoms with Crippen LogP contribution < -0.4 is 10.9 Å². The lowest BCUT2D eigenvalue weighted by Crippen LogP contribution is -2.44. The number of hydrogen-bond acceptors (Lipinski definition) is 5. The van der Waals surface area contributed by atoms with Gasteiger partial charge in [0.05, 0.1) is 23.1 Å². The number of aromatic nitrogens is 5. The van der Waals surface area contributed by atoms with Crippen molar-refractivity contribution < 1.29 is 4.79 Å². The molecule has 4 rings (SSSR count). The van der Waals surface area contributed by atoms with Gasteiger partial charge in [-0.15, -0.1) is 0 Å². The summed E-state index contributed by atoms with van der Waals surface area (Å²) in [5.41, 5.74) is 1.94. The normalized spacial score (nSPS) is 18.7. The number of hydrogen-bond donors (Lipinski definition) is 2. The third-order valence-corrected chi connectivity index (χ3v) is 4.89. The average molecular weight is 364 g/mol. The summed E-state index contributed by atoms with van der Waals surface area (Å²) in [5, 5.41) is 7.33. The summed E-state index contributed by atoms with van der Waals surface area (Å²) in [6.45, 7) is 3.62. The second-order valence-electron chi connectivity index (χ2n) is 6.84. The van der Waals surface area contributed by atoms with E-state index in [2.05, 4.69) is 25.4 Å². The molecule has 0 aliphatic heterocycles. The molecule has 0 bridgehead atoms. The van der Waals surface area contributed by atoms with Crippen LogP contribution in [0.1, 0.15) is 46.3 Å². The van der Waals surface area contributed by atoms with Crippen LogP contribution in [-0.2, 0) is 0 Å². The molecule has 1 aliphatic rings. The van der Waals surface area contributed by atoms with Crippen LogP contribution >= 0.6 is 0 Å². The Balaban J connectivity index is 1.41. The van der Waals surface area contributed by atoms with E-state index >= 15 is 0 Å². The Labute approximate surface area is 155 Å². The van der Waals surface area contributed by atoms with Gasteiger partial charge >= 0.3 is 0 Å². The molecule has 1 amide bonds. The number of aryl methyl sites for hydroxylation is 1. The second kappa shape index (κ2) is 6.79. The number of amides is 1. The van der Waals surface area contributed by atoms with Crippen LogP contribution in [0.4, 0.5) is 0 Å². The van der Waals surface area contributed by atoms with Crippen molar-refractivity contribution in [1.29, 1.82) is 0 Å². The van der Waals surface area contributed by atoms with Crippen LogP contribution in [-0.4, -0.2) is 36.7 Å². The van der Waals surface area contributed by atoms with E-state index in [1.54, 1.807) is 24.0 Å². The lowest BCUT2D eigenvalue weighted by Gasteiger charge is -2.35. The van der Waals surface area contributed by atoms with Crippen LogP contribution in [0, 0.1) is 13.8 Å². The average Bonchev–Trinajstić information content (AvgIpc) is 2.99. The standard InChI is InChI=1S/C19H20N6O2/c1-11-15(10-21-25(11)17-5-3-4-6-20-17)19(27)24-14-7-13(8-14)16-9-18(26)23-12(2)22-16/h3-6,9-10,13-14H,7-8H2,1-2H3,(H,24,27)(H,22,23,26). The molecule has 27 heavy (non-hydrogen) atoms. The SMILES string of the molecule is Cc1nc(C2CC(NC(=O)c3cnn(-c4ccccn4)c3C)C2)cc(=O)[nH]1. The smallest absolute Gasteiger partial charge is 0.254 e. The molecule has 1 aliphatic carbocycles. The monoisotopic (exact) mass is 364 g/mol. The van der Waals surface area contributed by atoms with Crippen molar-refractivity contribution in [2.45, 2.75) is 38.6 Å². The number of pyridine rings is 1. The molecule has 0 spiro atoms. The third-order valence-electron chi connectivity index (χ3n) is 4.89. The van der Waals surface area contributed by atoms with Crippen LogP contribution in [0.3, 0.4) is 0 Å². The molecular formula is C19H20N6O2. The summed E-state index contributed by atoms with van der Waals surface area (Å²) in [7, 11) is 0. The summed E-state index contributed by atoms with van der Waals surface area (Å²) in [5.74, 6) is 1.35. The predicted molar refractivity (Wildman–Crippen MR) is 98.9 cm³/mol. The van der Waals surface area contributed by atoms with E-state index < -0.39 is 0 Å². The molecule has 3 aromatic rings. The van der Waals surface area contributed by atoms with E-state index in [-0.39, 0.29) is 23.4 Å². The molecule has 8 nitrogen and oxygen atoms in total. The highest BCUT2D eigenvalue weighted by Crippen LogP contribution is 2.35. The number of H-pyrrole nitrogens is 1. The first-order valence-corrected chi connectivity index (χ1v) is 8.86. The Bertz CT molecular complexity index is 1030. The number of nitrogens with zero attached hydrogens (tertiary/aromatic N) is 4. The predicted octanol–water partition coefficient (Wildman–Crippen LogP) is 1.64. The highest BCUT2D eigenvalue weighted by Gasteiger charge is 2.33. The van der Waals surface area contributed by atoms with Crippen molar-refractivity contribution in [3.05, 3.63) is 69.8 Å². The fourth-order valence-electron chi connectivity index (χ4n) is 3.39. The summed E-state index contributed by atoms with van der Waals surface area (Å²) < 4.78 is 1.65. The molecule has 0 saturated heterocycles. The van der Waals surface area contributed by atoms with Crippen molar-refractivity contribution in [2.75, 3.05) is 0 Å². The number of aromatic amines is 1. The Hall–Kier alpha value is -3.29. The molecular weight excluding hydrogens is 344 g/mol. The van der Waals surface area contributed by atoms with Crippen molar-refractivity contribution in [3.63, 3.8) is 0 Å². The minimum Gasteiger partial charge on any atom is -0.349 e. The molecule has 3 aromatic heterocycles. The summed E-state index contributed by atoms with van der Waals surface area (Å²) >= 11 is 0. The molecule has 8 heteroatoms. The molecule has 3 heterocycles. The zero-order chi connectivity index (χ0) is 19.0. The van der Waals surface area contributed by atoms with Crippen LogP contribution in [0.25, 0.3) is 5.82 Å². The zero-order valence-corrected chi connectivity index (χ0v) is 15.1. The van der Waals surface area contributed by atoms with Crippen molar-refractivity contribution in [1.82, 2.24) is 30.0 Å². The van der Waals surface area contributed by atoms with Gasteiger partial charge in [-0.25, -0.2) is 14.6 Å². The first-order chi connectivity index (χ1) is 13.0. The highest BCUT2D eigenvalue weighted by molar-refractivity contribution is 5.95. The van der Waals surface area contributed by atoms with E-state index in [1.807, 2.05) is 25.1 Å².